The molecule has 1 unspecified atom stereocenters. The second-order valence-electron chi connectivity index (χ2n) is 8.22. The molecule has 4 heterocycles. The number of amides is 1. The van der Waals surface area contributed by atoms with Crippen LogP contribution in [0.5, 0.6) is 0 Å². The maximum atomic E-state index is 13.3. The van der Waals surface area contributed by atoms with Crippen LogP contribution >= 0.6 is 15.9 Å². The number of aryl methyl sites for hydroxylation is 1. The number of carbonyl (C=O) groups is 1. The van der Waals surface area contributed by atoms with Gasteiger partial charge in [0.05, 0.1) is 11.3 Å². The maximum Gasteiger partial charge on any atom is 0.389 e. The smallest absolute Gasteiger partial charge is 0.383 e. The molecule has 3 N–H and O–H groups in total. The van der Waals surface area contributed by atoms with Crippen LogP contribution in [0.25, 0.3) is 17.2 Å². The summed E-state index contributed by atoms with van der Waals surface area (Å²) in [7, 11) is 0. The number of hydrogen-bond acceptors (Lipinski definition) is 6. The number of hydrogen-bond donors (Lipinski definition) is 2. The molecule has 1 aliphatic rings. The van der Waals surface area contributed by atoms with Crippen LogP contribution in [0.15, 0.2) is 47.3 Å². The van der Waals surface area contributed by atoms with Crippen molar-refractivity contribution in [1.29, 1.82) is 0 Å². The second-order valence-corrected chi connectivity index (χ2v) is 9.14. The number of alkyl halides is 3. The minimum atomic E-state index is -4.34. The van der Waals surface area contributed by atoms with Gasteiger partial charge in [-0.25, -0.2) is 19.9 Å². The van der Waals surface area contributed by atoms with Crippen LogP contribution < -0.4 is 11.1 Å². The van der Waals surface area contributed by atoms with E-state index >= 15 is 0 Å². The van der Waals surface area contributed by atoms with Crippen LogP contribution in [0.3, 0.4) is 0 Å². The molecule has 0 radical (unpaired) electrons. The zero-order valence-corrected chi connectivity index (χ0v) is 20.0. The van der Waals surface area contributed by atoms with Crippen LogP contribution in [0.1, 0.15) is 36.6 Å². The first-order valence-electron chi connectivity index (χ1n) is 10.8. The van der Waals surface area contributed by atoms with Crippen molar-refractivity contribution in [1.82, 2.24) is 24.3 Å². The molecule has 12 heteroatoms. The zero-order chi connectivity index (χ0) is 25.0. The molecule has 35 heavy (non-hydrogen) atoms. The third kappa shape index (κ3) is 3.91. The maximum absolute atomic E-state index is 13.3. The molecule has 4 aromatic rings. The molecular weight excluding hydrogens is 527 g/mol. The highest BCUT2D eigenvalue weighted by atomic mass is 79.9. The molecule has 0 spiro atoms. The average Bonchev–Trinajstić information content (AvgIpc) is 3.39. The first-order valence-corrected chi connectivity index (χ1v) is 11.6. The van der Waals surface area contributed by atoms with Gasteiger partial charge in [0, 0.05) is 35.9 Å². The van der Waals surface area contributed by atoms with Crippen molar-refractivity contribution in [3.8, 4) is 11.5 Å². The molecule has 0 bridgehead atoms. The van der Waals surface area contributed by atoms with E-state index in [0.717, 1.165) is 10.0 Å². The number of imidazole rings is 1. The van der Waals surface area contributed by atoms with Gasteiger partial charge in [0.25, 0.3) is 0 Å². The number of nitrogens with one attached hydrogen (secondary N) is 1. The number of anilines is 2. The summed E-state index contributed by atoms with van der Waals surface area (Å²) in [5.41, 5.74) is 7.23. The van der Waals surface area contributed by atoms with E-state index in [9.17, 15) is 18.0 Å². The Labute approximate surface area is 206 Å². The Morgan fingerprint density at radius 3 is 2.60 bits per heavy atom. The Bertz CT molecular complexity index is 1450. The van der Waals surface area contributed by atoms with Gasteiger partial charge in [-0.3, -0.25) is 4.79 Å². The molecular formula is C23H19BrF3N7O. The van der Waals surface area contributed by atoms with Crippen molar-refractivity contribution in [2.45, 2.75) is 37.8 Å². The minimum absolute atomic E-state index is 0.0908. The van der Waals surface area contributed by atoms with Gasteiger partial charge in [0.2, 0.25) is 5.91 Å². The molecule has 0 fully saturated rings. The van der Waals surface area contributed by atoms with Crippen molar-refractivity contribution < 1.29 is 18.0 Å². The number of fused-ring (bicyclic) bond motifs is 2. The van der Waals surface area contributed by atoms with Gasteiger partial charge in [-0.05, 0) is 24.1 Å². The lowest BCUT2D eigenvalue weighted by atomic mass is 9.74. The van der Waals surface area contributed by atoms with E-state index < -0.39 is 18.0 Å². The molecule has 1 aliphatic heterocycles. The van der Waals surface area contributed by atoms with Gasteiger partial charge in [-0.1, -0.05) is 35.0 Å². The summed E-state index contributed by atoms with van der Waals surface area (Å²) in [4.78, 5) is 30.7. The first-order chi connectivity index (χ1) is 16.6. The lowest BCUT2D eigenvalue weighted by molar-refractivity contribution is -0.134. The Kier molecular flexibility index (Phi) is 5.50. The fraction of sp³-hybridized carbons (Fsp3) is 0.261. The minimum Gasteiger partial charge on any atom is -0.383 e. The average molecular weight is 546 g/mol. The fourth-order valence-electron chi connectivity index (χ4n) is 4.52. The molecule has 1 amide bonds. The third-order valence-electron chi connectivity index (χ3n) is 6.17. The highest BCUT2D eigenvalue weighted by molar-refractivity contribution is 9.10. The highest BCUT2D eigenvalue weighted by Crippen LogP contribution is 2.47. The summed E-state index contributed by atoms with van der Waals surface area (Å²) in [6, 6.07) is 7.38. The summed E-state index contributed by atoms with van der Waals surface area (Å²) in [5.74, 6) is 0.164. The quantitative estimate of drug-likeness (QED) is 0.377. The van der Waals surface area contributed by atoms with Crippen molar-refractivity contribution in [2.75, 3.05) is 11.1 Å². The van der Waals surface area contributed by atoms with Crippen molar-refractivity contribution in [3.05, 3.63) is 64.1 Å². The SMILES string of the molecule is CCC1(c2ccc(Br)cc2)C(=O)Nc2nc(-c3cn4ccnc4c(CCC(F)(F)F)n3)nc(N)c21. The molecule has 0 saturated heterocycles. The predicted octanol–water partition coefficient (Wildman–Crippen LogP) is 4.67. The number of nitrogens with two attached hydrogens (primary N) is 1. The lowest BCUT2D eigenvalue weighted by Gasteiger charge is -2.27. The topological polar surface area (TPSA) is 111 Å². The summed E-state index contributed by atoms with van der Waals surface area (Å²) < 4.78 is 41.0. The number of benzene rings is 1. The van der Waals surface area contributed by atoms with Crippen molar-refractivity contribution in [3.63, 3.8) is 0 Å². The van der Waals surface area contributed by atoms with E-state index in [-0.39, 0.29) is 41.2 Å². The third-order valence-corrected chi connectivity index (χ3v) is 6.70. The fourth-order valence-corrected chi connectivity index (χ4v) is 4.78. The summed E-state index contributed by atoms with van der Waals surface area (Å²) >= 11 is 3.41. The van der Waals surface area contributed by atoms with Gasteiger partial charge in [-0.2, -0.15) is 13.2 Å². The Morgan fingerprint density at radius 1 is 1.17 bits per heavy atom. The molecule has 1 atom stereocenters. The molecule has 8 nitrogen and oxygen atoms in total. The molecule has 0 saturated carbocycles. The normalized spacial score (nSPS) is 17.6. The lowest BCUT2D eigenvalue weighted by Crippen LogP contribution is -2.35. The summed E-state index contributed by atoms with van der Waals surface area (Å²) in [5, 5.41) is 2.82. The van der Waals surface area contributed by atoms with Crippen LogP contribution in [0.2, 0.25) is 0 Å². The standard InChI is InChI=1S/C23H19BrF3N7O/c1-2-22(12-3-5-13(24)6-4-12)16-17(28)31-18(32-19(16)33-21(22)35)15-11-34-10-9-29-20(34)14(30-15)7-8-23(25,26)27/h3-6,9-11H,2,7-8H2,1H3,(H3,28,31,32,33,35). The van der Waals surface area contributed by atoms with Gasteiger partial charge >= 0.3 is 6.18 Å². The van der Waals surface area contributed by atoms with Gasteiger partial charge < -0.3 is 15.5 Å². The number of nitrogen functional groups attached to an aromatic ring is 1. The Hall–Kier alpha value is -3.54. The number of carbonyl (C=O) groups excluding carboxylic acids is 1. The van der Waals surface area contributed by atoms with Gasteiger partial charge in [-0.15, -0.1) is 0 Å². The van der Waals surface area contributed by atoms with Gasteiger partial charge in [0.1, 0.15) is 22.7 Å². The summed E-state index contributed by atoms with van der Waals surface area (Å²) in [6.45, 7) is 1.88. The Morgan fingerprint density at radius 2 is 1.91 bits per heavy atom. The first kappa shape index (κ1) is 23.2. The second kappa shape index (κ2) is 8.29. The monoisotopic (exact) mass is 545 g/mol. The predicted molar refractivity (Wildman–Crippen MR) is 127 cm³/mol. The van der Waals surface area contributed by atoms with E-state index in [2.05, 4.69) is 41.2 Å². The number of nitrogens with zero attached hydrogens (tertiary/aromatic N) is 5. The van der Waals surface area contributed by atoms with E-state index in [1.807, 2.05) is 31.2 Å². The van der Waals surface area contributed by atoms with E-state index in [1.165, 1.54) is 6.20 Å². The van der Waals surface area contributed by atoms with E-state index in [4.69, 9.17) is 5.73 Å². The molecule has 3 aromatic heterocycles. The summed E-state index contributed by atoms with van der Waals surface area (Å²) in [6.07, 6.45) is -0.661. The molecule has 180 valence electrons. The largest absolute Gasteiger partial charge is 0.389 e. The van der Waals surface area contributed by atoms with Crippen molar-refractivity contribution >= 4 is 39.1 Å². The van der Waals surface area contributed by atoms with Crippen LogP contribution in [0.4, 0.5) is 24.8 Å². The van der Waals surface area contributed by atoms with E-state index in [1.54, 1.807) is 16.8 Å². The number of aromatic nitrogens is 5. The van der Waals surface area contributed by atoms with Crippen LogP contribution in [-0.4, -0.2) is 36.4 Å². The Balaban J connectivity index is 1.62. The van der Waals surface area contributed by atoms with Crippen LogP contribution in [0, 0.1) is 0 Å². The van der Waals surface area contributed by atoms with Gasteiger partial charge in [0.15, 0.2) is 11.5 Å². The van der Waals surface area contributed by atoms with Crippen LogP contribution in [-0.2, 0) is 16.6 Å². The van der Waals surface area contributed by atoms with Crippen molar-refractivity contribution in [2.24, 2.45) is 0 Å². The zero-order valence-electron chi connectivity index (χ0n) is 18.4. The van der Waals surface area contributed by atoms with E-state index in [0.29, 0.717) is 17.6 Å². The highest BCUT2D eigenvalue weighted by Gasteiger charge is 2.50. The number of rotatable bonds is 5. The number of halogens is 4. The molecule has 1 aromatic carbocycles. The molecule has 5 rings (SSSR count). The molecule has 0 aliphatic carbocycles.